The van der Waals surface area contributed by atoms with Gasteiger partial charge in [0.2, 0.25) is 41.4 Å². The van der Waals surface area contributed by atoms with Gasteiger partial charge in [0.15, 0.2) is 5.96 Å². The predicted octanol–water partition coefficient (Wildman–Crippen LogP) is -3.61. The van der Waals surface area contributed by atoms with Crippen LogP contribution in [0.2, 0.25) is 0 Å². The van der Waals surface area contributed by atoms with Gasteiger partial charge in [-0.25, -0.2) is 0 Å². The summed E-state index contributed by atoms with van der Waals surface area (Å²) in [5.41, 5.74) is 16.7. The highest BCUT2D eigenvalue weighted by Gasteiger charge is 2.35. The number of aliphatic imine (C=N–C) groups is 1. The summed E-state index contributed by atoms with van der Waals surface area (Å²) in [7, 11) is 0. The third-order valence-corrected chi connectivity index (χ3v) is 7.81. The maximum Gasteiger partial charge on any atom is 0.244 e. The number of nitrogens with zero attached hydrogens (tertiary/aromatic N) is 1. The number of hydrogen-bond donors (Lipinski definition) is 11. The lowest BCUT2D eigenvalue weighted by Gasteiger charge is -2.29. The number of amides is 7. The molecule has 0 spiro atoms. The monoisotopic (exact) mass is 706 g/mol. The zero-order valence-corrected chi connectivity index (χ0v) is 28.4. The van der Waals surface area contributed by atoms with Crippen molar-refractivity contribution in [3.05, 3.63) is 29.8 Å². The molecule has 1 aromatic carbocycles. The number of carbonyl (C=O) groups is 7. The smallest absolute Gasteiger partial charge is 0.244 e. The van der Waals surface area contributed by atoms with Gasteiger partial charge >= 0.3 is 0 Å². The second-order valence-electron chi connectivity index (χ2n) is 11.9. The van der Waals surface area contributed by atoms with Crippen molar-refractivity contribution in [2.24, 2.45) is 28.1 Å². The summed E-state index contributed by atoms with van der Waals surface area (Å²) in [4.78, 5) is 96.2. The Labute approximate surface area is 288 Å². The van der Waals surface area contributed by atoms with Crippen LogP contribution in [0.1, 0.15) is 45.6 Å². The second-order valence-corrected chi connectivity index (χ2v) is 12.2. The van der Waals surface area contributed by atoms with Crippen LogP contribution in [0, 0.1) is 5.92 Å². The van der Waals surface area contributed by atoms with Crippen LogP contribution in [0.5, 0.6) is 5.75 Å². The number of nitrogens with two attached hydrogens (primary N) is 3. The Kier molecular flexibility index (Phi) is 15.6. The lowest BCUT2D eigenvalue weighted by molar-refractivity contribution is -0.137. The first-order chi connectivity index (χ1) is 23.0. The summed E-state index contributed by atoms with van der Waals surface area (Å²) in [5.74, 6) is -6.77. The number of hydrogen-bond acceptors (Lipinski definition) is 10. The van der Waals surface area contributed by atoms with E-state index in [2.05, 4.69) is 49.5 Å². The van der Waals surface area contributed by atoms with Gasteiger partial charge in [0, 0.05) is 18.7 Å². The molecule has 18 nitrogen and oxygen atoms in total. The molecule has 1 saturated heterocycles. The number of aromatic hydroxyl groups is 1. The maximum absolute atomic E-state index is 13.7. The van der Waals surface area contributed by atoms with Gasteiger partial charge in [-0.3, -0.25) is 38.6 Å². The number of primary amides is 1. The highest BCUT2D eigenvalue weighted by Crippen LogP contribution is 2.13. The van der Waals surface area contributed by atoms with Crippen molar-refractivity contribution in [1.82, 2.24) is 31.9 Å². The van der Waals surface area contributed by atoms with Crippen molar-refractivity contribution in [3.8, 4) is 5.75 Å². The van der Waals surface area contributed by atoms with Gasteiger partial charge in [0.25, 0.3) is 0 Å². The summed E-state index contributed by atoms with van der Waals surface area (Å²) in [6, 6.07) is -2.03. The summed E-state index contributed by atoms with van der Waals surface area (Å²) in [6.45, 7) is 4.68. The van der Waals surface area contributed by atoms with Gasteiger partial charge in [-0.1, -0.05) is 26.0 Å². The zero-order chi connectivity index (χ0) is 36.8. The normalized spacial score (nSPS) is 24.6. The molecule has 2 rings (SSSR count). The molecule has 1 fully saturated rings. The van der Waals surface area contributed by atoms with E-state index in [1.165, 1.54) is 31.2 Å². The van der Waals surface area contributed by atoms with Crippen LogP contribution >= 0.6 is 12.6 Å². The minimum Gasteiger partial charge on any atom is -0.508 e. The summed E-state index contributed by atoms with van der Waals surface area (Å²) < 4.78 is 0. The number of benzene rings is 1. The zero-order valence-electron chi connectivity index (χ0n) is 27.5. The van der Waals surface area contributed by atoms with E-state index in [0.29, 0.717) is 5.56 Å². The minimum atomic E-state index is -1.52. The number of phenols is 1. The van der Waals surface area contributed by atoms with Crippen LogP contribution in [0.3, 0.4) is 0 Å². The Balaban J connectivity index is 2.56. The standard InChI is InChI=1S/C30H46N10O8S/c1-14(2)23-29(48)39-21(13-49)28(47)36-18(5-4-10-34-30(32)33)25(44)38-19(11-16-6-8-17(41)9-7-16)26(45)35-15(3)24(43)37-20(12-22(31)42)27(46)40-23/h6-9,14-15,18-21,23,41,49H,4-5,10-13H2,1-3H3,(H2,31,42)(H,35,45)(H,36,47)(H,37,43)(H,38,44)(H,39,48)(H,40,46)(H4,32,33,34)/t15-,18-,19-,20-,21-,23-/m0/s1. The molecule has 0 bridgehead atoms. The molecule has 0 aromatic heterocycles. The van der Waals surface area contributed by atoms with E-state index in [-0.39, 0.29) is 43.3 Å². The first-order valence-electron chi connectivity index (χ1n) is 15.6. The molecule has 1 heterocycles. The Morgan fingerprint density at radius 3 is 1.88 bits per heavy atom. The highest BCUT2D eigenvalue weighted by molar-refractivity contribution is 7.80. The molecule has 1 aromatic rings. The molecule has 0 unspecified atom stereocenters. The van der Waals surface area contributed by atoms with Crippen molar-refractivity contribution in [2.45, 2.75) is 82.7 Å². The molecular formula is C30H46N10O8S. The van der Waals surface area contributed by atoms with Crippen molar-refractivity contribution in [2.75, 3.05) is 12.3 Å². The van der Waals surface area contributed by atoms with Crippen LogP contribution < -0.4 is 49.1 Å². The molecule has 6 atom stereocenters. The number of rotatable bonds is 10. The van der Waals surface area contributed by atoms with E-state index in [1.807, 2.05) is 0 Å². The van der Waals surface area contributed by atoms with Gasteiger partial charge in [-0.15, -0.1) is 0 Å². The van der Waals surface area contributed by atoms with Crippen LogP contribution in [0.25, 0.3) is 0 Å². The van der Waals surface area contributed by atoms with Crippen LogP contribution in [0.15, 0.2) is 29.3 Å². The lowest BCUT2D eigenvalue weighted by Crippen LogP contribution is -2.62. The first kappa shape index (κ1) is 40.1. The van der Waals surface area contributed by atoms with Crippen molar-refractivity contribution in [1.29, 1.82) is 0 Å². The quantitative estimate of drug-likeness (QED) is 0.0491. The predicted molar refractivity (Wildman–Crippen MR) is 181 cm³/mol. The molecule has 19 heteroatoms. The highest BCUT2D eigenvalue weighted by atomic mass is 32.1. The number of guanidine groups is 1. The molecule has 0 radical (unpaired) electrons. The minimum absolute atomic E-state index is 0.0138. The van der Waals surface area contributed by atoms with Crippen LogP contribution in [-0.2, 0) is 40.0 Å². The molecule has 13 N–H and O–H groups in total. The van der Waals surface area contributed by atoms with E-state index in [1.54, 1.807) is 13.8 Å². The van der Waals surface area contributed by atoms with Gasteiger partial charge in [-0.2, -0.15) is 12.6 Å². The summed E-state index contributed by atoms with van der Waals surface area (Å²) in [5, 5.41) is 24.8. The van der Waals surface area contributed by atoms with Gasteiger partial charge in [0.05, 0.1) is 6.42 Å². The van der Waals surface area contributed by atoms with Gasteiger partial charge in [0.1, 0.15) is 42.0 Å². The number of carbonyl (C=O) groups excluding carboxylic acids is 7. The number of phenolic OH excluding ortho intramolecular Hbond substituents is 1. The van der Waals surface area contributed by atoms with E-state index in [0.717, 1.165) is 0 Å². The fourth-order valence-electron chi connectivity index (χ4n) is 4.73. The fraction of sp³-hybridized carbons (Fsp3) is 0.533. The van der Waals surface area contributed by atoms with E-state index in [4.69, 9.17) is 17.2 Å². The van der Waals surface area contributed by atoms with Crippen molar-refractivity contribution in [3.63, 3.8) is 0 Å². The molecule has 1 aliphatic heterocycles. The van der Waals surface area contributed by atoms with Crippen molar-refractivity contribution < 1.29 is 38.7 Å². The summed E-state index contributed by atoms with van der Waals surface area (Å²) >= 11 is 4.19. The Bertz CT molecular complexity index is 1400. The molecule has 0 saturated carbocycles. The Morgan fingerprint density at radius 1 is 0.776 bits per heavy atom. The molecule has 0 aliphatic carbocycles. The Hall–Kier alpha value is -5.07. The number of nitrogens with one attached hydrogen (secondary N) is 6. The SMILES string of the molecule is CC(C)[C@@H]1NC(=O)[C@H](CC(N)=O)NC(=O)[C@H](C)NC(=O)[C@H](Cc2ccc(O)cc2)NC(=O)[C@H](CCCN=C(N)N)NC(=O)[C@H](CS)NC1=O. The van der Waals surface area contributed by atoms with Gasteiger partial charge in [-0.05, 0) is 43.4 Å². The lowest BCUT2D eigenvalue weighted by atomic mass is 10.0. The van der Waals surface area contributed by atoms with Gasteiger partial charge < -0.3 is 54.2 Å². The maximum atomic E-state index is 13.7. The topological polar surface area (TPSA) is 302 Å². The Morgan fingerprint density at radius 2 is 1.31 bits per heavy atom. The largest absolute Gasteiger partial charge is 0.508 e. The average Bonchev–Trinajstić information content (AvgIpc) is 3.02. The van der Waals surface area contributed by atoms with Crippen LogP contribution in [0.4, 0.5) is 0 Å². The summed E-state index contributed by atoms with van der Waals surface area (Å²) in [6.07, 6.45) is -0.482. The second kappa shape index (κ2) is 19.1. The third-order valence-electron chi connectivity index (χ3n) is 7.44. The van der Waals surface area contributed by atoms with E-state index < -0.39 is 89.9 Å². The first-order valence-corrected chi connectivity index (χ1v) is 16.2. The van der Waals surface area contributed by atoms with Crippen molar-refractivity contribution >= 4 is 59.9 Å². The third kappa shape index (κ3) is 13.2. The fourth-order valence-corrected chi connectivity index (χ4v) is 4.98. The average molecular weight is 707 g/mol. The number of thiol groups is 1. The molecule has 1 aliphatic rings. The van der Waals surface area contributed by atoms with E-state index >= 15 is 0 Å². The molecular weight excluding hydrogens is 660 g/mol. The van der Waals surface area contributed by atoms with E-state index in [9.17, 15) is 38.7 Å². The van der Waals surface area contributed by atoms with Crippen LogP contribution in [-0.4, -0.2) is 101 Å². The molecule has 49 heavy (non-hydrogen) atoms. The molecule has 7 amide bonds. The molecule has 270 valence electrons.